The van der Waals surface area contributed by atoms with Crippen molar-refractivity contribution in [2.45, 2.75) is 12.5 Å². The molecule has 62 valence electrons. The minimum atomic E-state index is 0.421. The third-order valence-corrected chi connectivity index (χ3v) is 2.23. The molecule has 1 aliphatic rings. The molecule has 1 aromatic carbocycles. The van der Waals surface area contributed by atoms with E-state index in [0.717, 1.165) is 6.42 Å². The zero-order chi connectivity index (χ0) is 8.39. The average Bonchev–Trinajstić information content (AvgIpc) is 2.81. The summed E-state index contributed by atoms with van der Waals surface area (Å²) in [7, 11) is 0. The molecule has 1 aromatic rings. The van der Waals surface area contributed by atoms with Crippen LogP contribution in [0.2, 0.25) is 0 Å². The average molecular weight is 159 g/mol. The van der Waals surface area contributed by atoms with Crippen molar-refractivity contribution in [3.05, 3.63) is 42.0 Å². The van der Waals surface area contributed by atoms with Gasteiger partial charge >= 0.3 is 0 Å². The Labute approximate surface area is 72.9 Å². The summed E-state index contributed by atoms with van der Waals surface area (Å²) >= 11 is 0. The quantitative estimate of drug-likeness (QED) is 0.702. The molecule has 2 unspecified atom stereocenters. The van der Waals surface area contributed by atoms with Gasteiger partial charge in [-0.05, 0) is 17.9 Å². The lowest BCUT2D eigenvalue weighted by molar-refractivity contribution is 0.980. The molecule has 0 saturated heterocycles. The lowest BCUT2D eigenvalue weighted by Gasteiger charge is -1.89. The van der Waals surface area contributed by atoms with Crippen molar-refractivity contribution in [1.29, 1.82) is 0 Å². The molecular formula is C11H13N. The zero-order valence-electron chi connectivity index (χ0n) is 6.98. The fourth-order valence-electron chi connectivity index (χ4n) is 1.26. The van der Waals surface area contributed by atoms with Gasteiger partial charge in [0.1, 0.15) is 0 Å². The van der Waals surface area contributed by atoms with Crippen LogP contribution in [0.25, 0.3) is 6.08 Å². The number of rotatable bonds is 2. The molecule has 1 saturated carbocycles. The number of benzene rings is 1. The van der Waals surface area contributed by atoms with Crippen molar-refractivity contribution >= 4 is 6.08 Å². The Morgan fingerprint density at radius 2 is 1.92 bits per heavy atom. The summed E-state index contributed by atoms with van der Waals surface area (Å²) in [5.41, 5.74) is 6.94. The van der Waals surface area contributed by atoms with E-state index < -0.39 is 0 Å². The standard InChI is InChI=1S/C11H13N/c12-11-8-10(11)7-6-9-4-2-1-3-5-9/h1-7,10-11H,8,12H2/b7-6-. The van der Waals surface area contributed by atoms with Crippen LogP contribution in [0.5, 0.6) is 0 Å². The second kappa shape index (κ2) is 3.11. The van der Waals surface area contributed by atoms with Crippen molar-refractivity contribution in [3.63, 3.8) is 0 Å². The zero-order valence-corrected chi connectivity index (χ0v) is 6.98. The van der Waals surface area contributed by atoms with Crippen LogP contribution in [0.15, 0.2) is 36.4 Å². The summed E-state index contributed by atoms with van der Waals surface area (Å²) in [4.78, 5) is 0. The molecule has 0 heterocycles. The normalized spacial score (nSPS) is 27.8. The summed E-state index contributed by atoms with van der Waals surface area (Å²) in [6.45, 7) is 0. The lowest BCUT2D eigenvalue weighted by atomic mass is 10.2. The van der Waals surface area contributed by atoms with Crippen LogP contribution in [0.4, 0.5) is 0 Å². The van der Waals surface area contributed by atoms with E-state index in [1.165, 1.54) is 5.56 Å². The molecule has 0 radical (unpaired) electrons. The van der Waals surface area contributed by atoms with Crippen molar-refractivity contribution in [2.24, 2.45) is 11.7 Å². The molecule has 2 rings (SSSR count). The minimum Gasteiger partial charge on any atom is -0.327 e. The largest absolute Gasteiger partial charge is 0.327 e. The van der Waals surface area contributed by atoms with E-state index in [0.29, 0.717) is 12.0 Å². The minimum absolute atomic E-state index is 0.421. The second-order valence-corrected chi connectivity index (χ2v) is 3.33. The van der Waals surface area contributed by atoms with Gasteiger partial charge in [-0.3, -0.25) is 0 Å². The van der Waals surface area contributed by atoms with Gasteiger partial charge in [0.25, 0.3) is 0 Å². The predicted molar refractivity (Wildman–Crippen MR) is 51.6 cm³/mol. The maximum absolute atomic E-state index is 5.68. The Hall–Kier alpha value is -1.08. The van der Waals surface area contributed by atoms with Gasteiger partial charge in [-0.2, -0.15) is 0 Å². The Balaban J connectivity index is 1.99. The highest BCUT2D eigenvalue weighted by atomic mass is 14.7. The second-order valence-electron chi connectivity index (χ2n) is 3.33. The van der Waals surface area contributed by atoms with E-state index in [2.05, 4.69) is 24.3 Å². The molecule has 1 aliphatic carbocycles. The molecule has 0 bridgehead atoms. The van der Waals surface area contributed by atoms with Crippen molar-refractivity contribution < 1.29 is 0 Å². The highest BCUT2D eigenvalue weighted by Gasteiger charge is 2.30. The maximum atomic E-state index is 5.68. The van der Waals surface area contributed by atoms with Gasteiger partial charge in [0, 0.05) is 6.04 Å². The number of hydrogen-bond donors (Lipinski definition) is 1. The van der Waals surface area contributed by atoms with E-state index in [1.807, 2.05) is 18.2 Å². The van der Waals surface area contributed by atoms with E-state index in [-0.39, 0.29) is 0 Å². The van der Waals surface area contributed by atoms with Gasteiger partial charge in [0.05, 0.1) is 0 Å². The fourth-order valence-corrected chi connectivity index (χ4v) is 1.26. The van der Waals surface area contributed by atoms with Crippen LogP contribution < -0.4 is 5.73 Å². The Bertz CT molecular complexity index is 276. The molecular weight excluding hydrogens is 146 g/mol. The first-order valence-corrected chi connectivity index (χ1v) is 4.35. The summed E-state index contributed by atoms with van der Waals surface area (Å²) in [6.07, 6.45) is 5.51. The topological polar surface area (TPSA) is 26.0 Å². The summed E-state index contributed by atoms with van der Waals surface area (Å²) < 4.78 is 0. The first kappa shape index (κ1) is 7.56. The fraction of sp³-hybridized carbons (Fsp3) is 0.273. The molecule has 0 amide bonds. The first-order chi connectivity index (χ1) is 5.86. The van der Waals surface area contributed by atoms with Gasteiger partial charge in [0.15, 0.2) is 0 Å². The summed E-state index contributed by atoms with van der Waals surface area (Å²) in [6, 6.07) is 10.7. The lowest BCUT2D eigenvalue weighted by Crippen LogP contribution is -1.99. The highest BCUT2D eigenvalue weighted by Crippen LogP contribution is 2.29. The Kier molecular flexibility index (Phi) is 1.96. The van der Waals surface area contributed by atoms with Crippen LogP contribution >= 0.6 is 0 Å². The van der Waals surface area contributed by atoms with Gasteiger partial charge < -0.3 is 5.73 Å². The molecule has 0 aliphatic heterocycles. The Morgan fingerprint density at radius 3 is 2.50 bits per heavy atom. The van der Waals surface area contributed by atoms with E-state index in [4.69, 9.17) is 5.73 Å². The third-order valence-electron chi connectivity index (χ3n) is 2.23. The van der Waals surface area contributed by atoms with Gasteiger partial charge in [-0.1, -0.05) is 42.5 Å². The van der Waals surface area contributed by atoms with Crippen LogP contribution in [-0.2, 0) is 0 Å². The van der Waals surface area contributed by atoms with Gasteiger partial charge in [-0.25, -0.2) is 0 Å². The SMILES string of the molecule is NC1CC1/C=C\c1ccccc1. The van der Waals surface area contributed by atoms with Gasteiger partial charge in [-0.15, -0.1) is 0 Å². The van der Waals surface area contributed by atoms with E-state index >= 15 is 0 Å². The van der Waals surface area contributed by atoms with Gasteiger partial charge in [0.2, 0.25) is 0 Å². The first-order valence-electron chi connectivity index (χ1n) is 4.35. The smallest absolute Gasteiger partial charge is 0.0109 e. The molecule has 12 heavy (non-hydrogen) atoms. The monoisotopic (exact) mass is 159 g/mol. The molecule has 1 heteroatoms. The van der Waals surface area contributed by atoms with Crippen molar-refractivity contribution in [2.75, 3.05) is 0 Å². The molecule has 2 atom stereocenters. The van der Waals surface area contributed by atoms with E-state index in [9.17, 15) is 0 Å². The third kappa shape index (κ3) is 1.74. The molecule has 2 N–H and O–H groups in total. The Morgan fingerprint density at radius 1 is 1.25 bits per heavy atom. The van der Waals surface area contributed by atoms with Crippen LogP contribution in [0, 0.1) is 5.92 Å². The van der Waals surface area contributed by atoms with Crippen LogP contribution in [0.3, 0.4) is 0 Å². The molecule has 0 spiro atoms. The molecule has 0 aromatic heterocycles. The number of hydrogen-bond acceptors (Lipinski definition) is 1. The summed E-state index contributed by atoms with van der Waals surface area (Å²) in [5, 5.41) is 0. The molecule has 1 nitrogen and oxygen atoms in total. The highest BCUT2D eigenvalue weighted by molar-refractivity contribution is 5.49. The molecule has 1 fully saturated rings. The summed E-state index contributed by atoms with van der Waals surface area (Å²) in [5.74, 6) is 0.630. The van der Waals surface area contributed by atoms with Crippen molar-refractivity contribution in [1.82, 2.24) is 0 Å². The number of nitrogens with two attached hydrogens (primary N) is 1. The predicted octanol–water partition coefficient (Wildman–Crippen LogP) is 2.05. The van der Waals surface area contributed by atoms with Crippen LogP contribution in [-0.4, -0.2) is 6.04 Å². The maximum Gasteiger partial charge on any atom is 0.0109 e. The van der Waals surface area contributed by atoms with Crippen LogP contribution in [0.1, 0.15) is 12.0 Å². The van der Waals surface area contributed by atoms with Crippen molar-refractivity contribution in [3.8, 4) is 0 Å². The van der Waals surface area contributed by atoms with E-state index in [1.54, 1.807) is 0 Å².